The molecule has 0 radical (unpaired) electrons. The second kappa shape index (κ2) is 4.84. The number of Topliss-reactive ketones (excluding diaryl/α,β-unsaturated/α-hetero) is 1. The molecular formula is C14H18N2O2S2. The third-order valence-corrected chi connectivity index (χ3v) is 5.60. The summed E-state index contributed by atoms with van der Waals surface area (Å²) in [5, 5.41) is 0.690. The van der Waals surface area contributed by atoms with E-state index in [1.165, 1.54) is 11.3 Å². The summed E-state index contributed by atoms with van der Waals surface area (Å²) in [5.74, 6) is 1.26. The van der Waals surface area contributed by atoms with Crippen molar-refractivity contribution in [2.75, 3.05) is 17.2 Å². The Bertz CT molecular complexity index is 580. The van der Waals surface area contributed by atoms with E-state index in [9.17, 15) is 9.59 Å². The van der Waals surface area contributed by atoms with Crippen LogP contribution in [0.1, 0.15) is 42.1 Å². The highest BCUT2D eigenvalue weighted by Gasteiger charge is 2.37. The minimum atomic E-state index is -0.0297. The number of fused-ring (bicyclic) bond motifs is 1. The van der Waals surface area contributed by atoms with Crippen molar-refractivity contribution < 1.29 is 9.59 Å². The third kappa shape index (κ3) is 2.39. The number of anilines is 1. The predicted molar refractivity (Wildman–Crippen MR) is 82.9 cm³/mol. The highest BCUT2D eigenvalue weighted by molar-refractivity contribution is 7.80. The Labute approximate surface area is 128 Å². The predicted octanol–water partition coefficient (Wildman–Crippen LogP) is 2.58. The fourth-order valence-electron chi connectivity index (χ4n) is 2.91. The normalized spacial score (nSPS) is 25.1. The van der Waals surface area contributed by atoms with Gasteiger partial charge in [-0.2, -0.15) is 12.6 Å². The molecule has 20 heavy (non-hydrogen) atoms. The standard InChI is InChI=1S/C14H18N2O2S2/c1-14(2)4-9-12(10(17)5-14)20-13(15-9)16-6-8(7-19)3-11(16)18/h8,19H,3-7H2,1-2H3. The van der Waals surface area contributed by atoms with Crippen molar-refractivity contribution in [1.29, 1.82) is 0 Å². The van der Waals surface area contributed by atoms with E-state index in [2.05, 4.69) is 31.5 Å². The monoisotopic (exact) mass is 310 g/mol. The third-order valence-electron chi connectivity index (χ3n) is 3.92. The van der Waals surface area contributed by atoms with Crippen LogP contribution in [-0.4, -0.2) is 29.0 Å². The van der Waals surface area contributed by atoms with Crippen molar-refractivity contribution in [3.8, 4) is 0 Å². The number of ketones is 1. The van der Waals surface area contributed by atoms with Crippen molar-refractivity contribution in [1.82, 2.24) is 4.98 Å². The zero-order valence-corrected chi connectivity index (χ0v) is 13.4. The number of thiol groups is 1. The molecular weight excluding hydrogens is 292 g/mol. The molecule has 2 aliphatic rings. The second-order valence-corrected chi connectivity index (χ2v) is 7.81. The number of thiazole rings is 1. The lowest BCUT2D eigenvalue weighted by Gasteiger charge is -2.26. The van der Waals surface area contributed by atoms with Gasteiger partial charge in [0.15, 0.2) is 10.9 Å². The van der Waals surface area contributed by atoms with Gasteiger partial charge in [-0.3, -0.25) is 14.5 Å². The first-order valence-corrected chi connectivity index (χ1v) is 8.28. The molecule has 2 heterocycles. The SMILES string of the molecule is CC1(C)CC(=O)c2sc(N3CC(CS)CC3=O)nc2C1. The molecule has 0 spiro atoms. The minimum absolute atomic E-state index is 0.0297. The van der Waals surface area contributed by atoms with Crippen LogP contribution in [0.3, 0.4) is 0 Å². The van der Waals surface area contributed by atoms with Crippen molar-refractivity contribution in [2.45, 2.75) is 33.1 Å². The van der Waals surface area contributed by atoms with Crippen LogP contribution in [0, 0.1) is 11.3 Å². The number of rotatable bonds is 2. The number of carbonyl (C=O) groups excluding carboxylic acids is 2. The van der Waals surface area contributed by atoms with Crippen LogP contribution in [0.25, 0.3) is 0 Å². The highest BCUT2D eigenvalue weighted by atomic mass is 32.1. The van der Waals surface area contributed by atoms with Gasteiger partial charge in [0.05, 0.1) is 10.6 Å². The molecule has 1 aromatic rings. The maximum atomic E-state index is 12.2. The number of nitrogens with zero attached hydrogens (tertiary/aromatic N) is 2. The summed E-state index contributed by atoms with van der Waals surface area (Å²) in [7, 11) is 0. The lowest BCUT2D eigenvalue weighted by Crippen LogP contribution is -2.26. The van der Waals surface area contributed by atoms with Crippen LogP contribution < -0.4 is 4.90 Å². The van der Waals surface area contributed by atoms with E-state index in [1.807, 2.05) is 0 Å². The van der Waals surface area contributed by atoms with E-state index in [4.69, 9.17) is 0 Å². The van der Waals surface area contributed by atoms with Crippen LogP contribution in [0.4, 0.5) is 5.13 Å². The van der Waals surface area contributed by atoms with E-state index in [-0.39, 0.29) is 17.1 Å². The van der Waals surface area contributed by atoms with Gasteiger partial charge in [0.1, 0.15) is 0 Å². The van der Waals surface area contributed by atoms with Gasteiger partial charge in [0.25, 0.3) is 0 Å². The van der Waals surface area contributed by atoms with Crippen molar-refractivity contribution in [3.63, 3.8) is 0 Å². The van der Waals surface area contributed by atoms with Gasteiger partial charge in [0.2, 0.25) is 5.91 Å². The largest absolute Gasteiger partial charge is 0.293 e. The number of hydrogen-bond acceptors (Lipinski definition) is 5. The Hall–Kier alpha value is -0.880. The molecule has 0 aromatic carbocycles. The fourth-order valence-corrected chi connectivity index (χ4v) is 4.20. The maximum absolute atomic E-state index is 12.2. The molecule has 1 aromatic heterocycles. The summed E-state index contributed by atoms with van der Waals surface area (Å²) in [5.41, 5.74) is 0.839. The Morgan fingerprint density at radius 3 is 2.80 bits per heavy atom. The molecule has 1 atom stereocenters. The van der Waals surface area contributed by atoms with Crippen molar-refractivity contribution in [2.24, 2.45) is 11.3 Å². The number of amides is 1. The molecule has 1 amide bonds. The van der Waals surface area contributed by atoms with Gasteiger partial charge in [-0.25, -0.2) is 4.98 Å². The molecule has 1 aliphatic heterocycles. The van der Waals surface area contributed by atoms with Crippen LogP contribution in [-0.2, 0) is 11.2 Å². The van der Waals surface area contributed by atoms with Crippen molar-refractivity contribution >= 4 is 40.8 Å². The van der Waals surface area contributed by atoms with Crippen LogP contribution in [0.5, 0.6) is 0 Å². The highest BCUT2D eigenvalue weighted by Crippen LogP contribution is 2.40. The Kier molecular flexibility index (Phi) is 3.41. The van der Waals surface area contributed by atoms with Gasteiger partial charge in [-0.15, -0.1) is 0 Å². The topological polar surface area (TPSA) is 50.3 Å². The van der Waals surface area contributed by atoms with Crippen LogP contribution in [0.2, 0.25) is 0 Å². The molecule has 1 fully saturated rings. The van der Waals surface area contributed by atoms with E-state index < -0.39 is 0 Å². The molecule has 0 saturated carbocycles. The molecule has 1 unspecified atom stereocenters. The first-order chi connectivity index (χ1) is 9.39. The second-order valence-electron chi connectivity index (χ2n) is 6.47. The molecule has 3 rings (SSSR count). The molecule has 0 bridgehead atoms. The summed E-state index contributed by atoms with van der Waals surface area (Å²) in [6.45, 7) is 4.85. The lowest BCUT2D eigenvalue weighted by molar-refractivity contribution is -0.117. The molecule has 6 heteroatoms. The fraction of sp³-hybridized carbons (Fsp3) is 0.643. The van der Waals surface area contributed by atoms with Gasteiger partial charge in [0, 0.05) is 19.4 Å². The Balaban J connectivity index is 1.91. The first kappa shape index (κ1) is 14.1. The zero-order valence-electron chi connectivity index (χ0n) is 11.7. The van der Waals surface area contributed by atoms with E-state index in [1.54, 1.807) is 4.90 Å². The Morgan fingerprint density at radius 2 is 2.15 bits per heavy atom. The Morgan fingerprint density at radius 1 is 1.40 bits per heavy atom. The zero-order chi connectivity index (χ0) is 14.5. The van der Waals surface area contributed by atoms with E-state index in [0.717, 1.165) is 17.0 Å². The smallest absolute Gasteiger partial charge is 0.229 e. The maximum Gasteiger partial charge on any atom is 0.229 e. The minimum Gasteiger partial charge on any atom is -0.293 e. The summed E-state index contributed by atoms with van der Waals surface area (Å²) in [6, 6.07) is 0. The summed E-state index contributed by atoms with van der Waals surface area (Å²) < 4.78 is 0. The quantitative estimate of drug-likeness (QED) is 0.854. The molecule has 4 nitrogen and oxygen atoms in total. The van der Waals surface area contributed by atoms with Crippen molar-refractivity contribution in [3.05, 3.63) is 10.6 Å². The van der Waals surface area contributed by atoms with Gasteiger partial charge in [-0.1, -0.05) is 25.2 Å². The molecule has 1 saturated heterocycles. The van der Waals surface area contributed by atoms with Gasteiger partial charge < -0.3 is 0 Å². The number of carbonyl (C=O) groups is 2. The summed E-state index contributed by atoms with van der Waals surface area (Å²) in [4.78, 5) is 31.3. The first-order valence-electron chi connectivity index (χ1n) is 6.84. The van der Waals surface area contributed by atoms with E-state index >= 15 is 0 Å². The lowest BCUT2D eigenvalue weighted by atomic mass is 9.78. The number of hydrogen-bond donors (Lipinski definition) is 1. The molecule has 108 valence electrons. The summed E-state index contributed by atoms with van der Waals surface area (Å²) >= 11 is 5.65. The average molecular weight is 310 g/mol. The van der Waals surface area contributed by atoms with Crippen LogP contribution in [0.15, 0.2) is 0 Å². The average Bonchev–Trinajstić information content (AvgIpc) is 2.90. The molecule has 0 N–H and O–H groups in total. The van der Waals surface area contributed by atoms with Gasteiger partial charge >= 0.3 is 0 Å². The molecule has 1 aliphatic carbocycles. The van der Waals surface area contributed by atoms with Crippen LogP contribution >= 0.6 is 24.0 Å². The number of aromatic nitrogens is 1. The van der Waals surface area contributed by atoms with E-state index in [0.29, 0.717) is 36.2 Å². The van der Waals surface area contributed by atoms with Gasteiger partial charge in [-0.05, 0) is 23.5 Å². The summed E-state index contributed by atoms with van der Waals surface area (Å²) in [6.07, 6.45) is 1.91.